The van der Waals surface area contributed by atoms with E-state index in [0.29, 0.717) is 6.20 Å². The first kappa shape index (κ1) is 22.9. The molecule has 1 aromatic rings. The molecule has 0 unspecified atom stereocenters. The van der Waals surface area contributed by atoms with Crippen molar-refractivity contribution in [3.05, 3.63) is 73.2 Å². The lowest BCUT2D eigenvalue weighted by molar-refractivity contribution is -0.404. The summed E-state index contributed by atoms with van der Waals surface area (Å²) in [6.45, 7) is 5.48. The summed E-state index contributed by atoms with van der Waals surface area (Å²) in [6.07, 6.45) is -3.61. The van der Waals surface area contributed by atoms with Gasteiger partial charge in [0.05, 0.1) is 10.6 Å². The molecule has 12 heteroatoms. The van der Waals surface area contributed by atoms with E-state index < -0.39 is 45.4 Å². The van der Waals surface area contributed by atoms with Crippen molar-refractivity contribution in [3.8, 4) is 0 Å². The largest absolute Gasteiger partial charge is 0.431 e. The summed E-state index contributed by atoms with van der Waals surface area (Å²) >= 11 is 0. The summed E-state index contributed by atoms with van der Waals surface area (Å²) in [6, 6.07) is 0.218. The van der Waals surface area contributed by atoms with E-state index in [9.17, 15) is 41.7 Å². The van der Waals surface area contributed by atoms with Crippen molar-refractivity contribution >= 4 is 5.70 Å². The Morgan fingerprint density at radius 3 is 2.12 bits per heavy atom. The van der Waals surface area contributed by atoms with Gasteiger partial charge in [0.1, 0.15) is 11.5 Å². The number of halogens is 5. The number of rotatable bonds is 3. The minimum absolute atomic E-state index is 0.218. The van der Waals surface area contributed by atoms with Crippen LogP contribution in [-0.4, -0.2) is 14.1 Å². The molecular formula is C14H14F5N3O4. The fourth-order valence-electron chi connectivity index (χ4n) is 1.56. The maximum atomic E-state index is 13.3. The Morgan fingerprint density at radius 1 is 1.31 bits per heavy atom. The van der Waals surface area contributed by atoms with Gasteiger partial charge in [-0.1, -0.05) is 6.58 Å². The highest BCUT2D eigenvalue weighted by atomic mass is 19.4. The normalized spacial score (nSPS) is 12.3. The minimum Gasteiger partial charge on any atom is -0.292 e. The van der Waals surface area contributed by atoms with E-state index in [4.69, 9.17) is 0 Å². The lowest BCUT2D eigenvalue weighted by atomic mass is 10.3. The van der Waals surface area contributed by atoms with Crippen LogP contribution in [0.3, 0.4) is 0 Å². The van der Waals surface area contributed by atoms with Crippen LogP contribution in [0.15, 0.2) is 46.2 Å². The Bertz CT molecular complexity index is 874. The van der Waals surface area contributed by atoms with Crippen molar-refractivity contribution in [3.63, 3.8) is 0 Å². The van der Waals surface area contributed by atoms with Crippen molar-refractivity contribution in [1.82, 2.24) is 9.13 Å². The average molecular weight is 383 g/mol. The number of nitro groups is 1. The third-order valence-electron chi connectivity index (χ3n) is 2.69. The van der Waals surface area contributed by atoms with Crippen LogP contribution < -0.4 is 11.2 Å². The fourth-order valence-corrected chi connectivity index (χ4v) is 1.56. The number of hydrogen-bond donors (Lipinski definition) is 0. The number of alkyl halides is 3. The molecule has 26 heavy (non-hydrogen) atoms. The fraction of sp³-hybridized carbons (Fsp3) is 0.286. The van der Waals surface area contributed by atoms with Crippen LogP contribution in [0, 0.1) is 10.1 Å². The quantitative estimate of drug-likeness (QED) is 0.348. The molecule has 1 heterocycles. The van der Waals surface area contributed by atoms with E-state index in [0.717, 1.165) is 20.0 Å². The summed E-state index contributed by atoms with van der Waals surface area (Å²) in [5.74, 6) is -1.76. The second kappa shape index (κ2) is 8.87. The van der Waals surface area contributed by atoms with Gasteiger partial charge in [-0.15, -0.1) is 0 Å². The smallest absolute Gasteiger partial charge is 0.292 e. The monoisotopic (exact) mass is 383 g/mol. The van der Waals surface area contributed by atoms with Crippen LogP contribution in [0.5, 0.6) is 0 Å². The molecule has 7 nitrogen and oxygen atoms in total. The summed E-state index contributed by atoms with van der Waals surface area (Å²) in [5.41, 5.74) is -4.63. The van der Waals surface area contributed by atoms with Crippen molar-refractivity contribution in [2.75, 3.05) is 0 Å². The van der Waals surface area contributed by atoms with Gasteiger partial charge in [0.25, 0.3) is 11.8 Å². The second-order valence-electron chi connectivity index (χ2n) is 4.63. The summed E-state index contributed by atoms with van der Waals surface area (Å²) in [7, 11) is 0.835. The van der Waals surface area contributed by atoms with Crippen molar-refractivity contribution in [2.24, 2.45) is 7.05 Å². The summed E-state index contributed by atoms with van der Waals surface area (Å²) in [5, 5.41) is 9.30. The zero-order valence-electron chi connectivity index (χ0n) is 13.8. The number of nitrogens with zero attached hydrogens (tertiary/aromatic N) is 3. The molecule has 0 aromatic carbocycles. The Balaban J connectivity index is 0.000000758. The predicted molar refractivity (Wildman–Crippen MR) is 83.0 cm³/mol. The Kier molecular flexibility index (Phi) is 7.83. The average Bonchev–Trinajstić information content (AvgIpc) is 2.48. The molecule has 144 valence electrons. The first-order chi connectivity index (χ1) is 11.7. The zero-order valence-corrected chi connectivity index (χ0v) is 13.8. The molecule has 0 bridgehead atoms. The molecule has 0 aliphatic rings. The molecule has 0 atom stereocenters. The Hall–Kier alpha value is -3.05. The second-order valence-corrected chi connectivity index (χ2v) is 4.63. The van der Waals surface area contributed by atoms with Crippen molar-refractivity contribution < 1.29 is 26.9 Å². The minimum atomic E-state index is -4.85. The summed E-state index contributed by atoms with van der Waals surface area (Å²) in [4.78, 5) is 31.7. The van der Waals surface area contributed by atoms with Gasteiger partial charge >= 0.3 is 11.9 Å². The van der Waals surface area contributed by atoms with Gasteiger partial charge in [0.2, 0.25) is 0 Å². The van der Waals surface area contributed by atoms with Gasteiger partial charge in [-0.25, -0.2) is 18.1 Å². The highest BCUT2D eigenvalue weighted by Crippen LogP contribution is 2.27. The molecule has 0 saturated carbocycles. The van der Waals surface area contributed by atoms with Gasteiger partial charge in [0.15, 0.2) is 5.83 Å². The van der Waals surface area contributed by atoms with E-state index in [-0.39, 0.29) is 15.2 Å². The maximum absolute atomic E-state index is 13.3. The Labute approximate surface area is 143 Å². The van der Waals surface area contributed by atoms with Crippen LogP contribution in [-0.2, 0) is 13.2 Å². The molecule has 0 aliphatic heterocycles. The number of hydrogen-bond acceptors (Lipinski definition) is 4. The van der Waals surface area contributed by atoms with Gasteiger partial charge in [-0.2, -0.15) is 13.2 Å². The summed E-state index contributed by atoms with van der Waals surface area (Å²) < 4.78 is 62.8. The van der Waals surface area contributed by atoms with E-state index in [2.05, 4.69) is 6.58 Å². The first-order valence-electron chi connectivity index (χ1n) is 6.63. The molecule has 1 aromatic heterocycles. The van der Waals surface area contributed by atoms with E-state index in [1.165, 1.54) is 6.92 Å². The molecule has 0 radical (unpaired) electrons. The molecule has 0 N–H and O–H groups in total. The van der Waals surface area contributed by atoms with Crippen LogP contribution in [0.4, 0.5) is 22.0 Å². The molecule has 0 fully saturated rings. The van der Waals surface area contributed by atoms with Crippen LogP contribution in [0.2, 0.25) is 0 Å². The lowest BCUT2D eigenvalue weighted by Crippen LogP contribution is -2.41. The van der Waals surface area contributed by atoms with E-state index in [1.807, 2.05) is 0 Å². The number of aromatic nitrogens is 2. The molecule has 0 amide bonds. The molecular weight excluding hydrogens is 369 g/mol. The third-order valence-corrected chi connectivity index (χ3v) is 2.69. The highest BCUT2D eigenvalue weighted by molar-refractivity contribution is 5.58. The topological polar surface area (TPSA) is 87.1 Å². The SMILES string of the molecule is C/C(F)=C\[N+](=O)[O-].C=C(/C(F)=C\C)n1c(=O)cc(C(F)(F)F)n(C)c1=O. The highest BCUT2D eigenvalue weighted by Gasteiger charge is 2.35. The lowest BCUT2D eigenvalue weighted by Gasteiger charge is -2.14. The molecule has 0 aliphatic carbocycles. The van der Waals surface area contributed by atoms with Gasteiger partial charge in [0, 0.05) is 13.1 Å². The van der Waals surface area contributed by atoms with E-state index >= 15 is 0 Å². The molecule has 0 saturated heterocycles. The Morgan fingerprint density at radius 2 is 1.81 bits per heavy atom. The third kappa shape index (κ3) is 6.11. The predicted octanol–water partition coefficient (Wildman–Crippen LogP) is 3.00. The molecule has 1 rings (SSSR count). The van der Waals surface area contributed by atoms with E-state index in [1.54, 1.807) is 0 Å². The van der Waals surface area contributed by atoms with Crippen molar-refractivity contribution in [1.29, 1.82) is 0 Å². The van der Waals surface area contributed by atoms with Crippen LogP contribution >= 0.6 is 0 Å². The van der Waals surface area contributed by atoms with Gasteiger partial charge < -0.3 is 0 Å². The maximum Gasteiger partial charge on any atom is 0.431 e. The standard InChI is InChI=1S/C11H10F4N2O2.C3H4FNO2/c1-4-7(12)6(2)17-9(18)5-8(11(13,14)15)16(3)10(17)19;1-3(4)2-5(6)7/h4-5H,2H2,1,3H3;2H,1H3/b7-4+;3-2+. The first-order valence-corrected chi connectivity index (χ1v) is 6.63. The van der Waals surface area contributed by atoms with Crippen molar-refractivity contribution in [2.45, 2.75) is 20.0 Å². The molecule has 0 spiro atoms. The zero-order chi connectivity index (χ0) is 20.8. The van der Waals surface area contributed by atoms with Crippen LogP contribution in [0.1, 0.15) is 19.5 Å². The van der Waals surface area contributed by atoms with Crippen LogP contribution in [0.25, 0.3) is 5.70 Å². The number of allylic oxidation sites excluding steroid dienone is 4. The van der Waals surface area contributed by atoms with Gasteiger partial charge in [-0.05, 0) is 19.9 Å². The van der Waals surface area contributed by atoms with Gasteiger partial charge in [-0.3, -0.25) is 19.5 Å².